The van der Waals surface area contributed by atoms with Gasteiger partial charge in [0.15, 0.2) is 0 Å². The summed E-state index contributed by atoms with van der Waals surface area (Å²) >= 11 is 0. The van der Waals surface area contributed by atoms with E-state index in [1.165, 1.54) is 38.9 Å². The van der Waals surface area contributed by atoms with E-state index in [1.807, 2.05) is 6.08 Å². The van der Waals surface area contributed by atoms with Crippen LogP contribution < -0.4 is 5.32 Å². The van der Waals surface area contributed by atoms with Crippen molar-refractivity contribution in [1.82, 2.24) is 10.2 Å². The highest BCUT2D eigenvalue weighted by Crippen LogP contribution is 2.10. The minimum atomic E-state index is 0.750. The van der Waals surface area contributed by atoms with Crippen molar-refractivity contribution in [2.24, 2.45) is 5.92 Å². The highest BCUT2D eigenvalue weighted by molar-refractivity contribution is 4.81. The zero-order valence-corrected chi connectivity index (χ0v) is 10.3. The van der Waals surface area contributed by atoms with E-state index >= 15 is 0 Å². The van der Waals surface area contributed by atoms with Crippen LogP contribution in [0.15, 0.2) is 12.7 Å². The summed E-state index contributed by atoms with van der Waals surface area (Å²) in [6.07, 6.45) is 5.88. The van der Waals surface area contributed by atoms with E-state index in [4.69, 9.17) is 0 Å². The number of rotatable bonds is 6. The van der Waals surface area contributed by atoms with Gasteiger partial charge in [0.1, 0.15) is 0 Å². The van der Waals surface area contributed by atoms with Crippen LogP contribution in [0.25, 0.3) is 0 Å². The minimum absolute atomic E-state index is 0.750. The maximum Gasteiger partial charge on any atom is 0.0160 e. The Bertz CT molecular complexity index is 171. The molecule has 0 aromatic heterocycles. The maximum atomic E-state index is 3.79. The third-order valence-electron chi connectivity index (χ3n) is 3.43. The zero-order chi connectivity index (χ0) is 11.1. The largest absolute Gasteiger partial charge is 0.314 e. The van der Waals surface area contributed by atoms with Gasteiger partial charge < -0.3 is 5.32 Å². The molecule has 0 aromatic rings. The van der Waals surface area contributed by atoms with Crippen molar-refractivity contribution in [3.8, 4) is 0 Å². The van der Waals surface area contributed by atoms with Crippen LogP contribution in [0.1, 0.15) is 33.1 Å². The molecule has 2 heteroatoms. The molecule has 1 unspecified atom stereocenters. The summed E-state index contributed by atoms with van der Waals surface area (Å²) in [6.45, 7) is 13.1. The van der Waals surface area contributed by atoms with Gasteiger partial charge in [0.05, 0.1) is 0 Å². The number of likely N-dealkylation sites (tertiary alicyclic amines) is 1. The van der Waals surface area contributed by atoms with Gasteiger partial charge in [-0.25, -0.2) is 0 Å². The summed E-state index contributed by atoms with van der Waals surface area (Å²) in [4.78, 5) is 2.48. The van der Waals surface area contributed by atoms with Crippen LogP contribution in [0.4, 0.5) is 0 Å². The number of hydrogen-bond acceptors (Lipinski definition) is 2. The van der Waals surface area contributed by atoms with Crippen LogP contribution in [-0.4, -0.2) is 37.1 Å². The maximum absolute atomic E-state index is 3.79. The van der Waals surface area contributed by atoms with E-state index < -0.39 is 0 Å². The lowest BCUT2D eigenvalue weighted by molar-refractivity contribution is 0.212. The molecule has 1 saturated heterocycles. The SMILES string of the molecule is C=CCN1CCC(NCC(C)CC)CC1. The Labute approximate surface area is 94.7 Å². The fourth-order valence-corrected chi connectivity index (χ4v) is 2.01. The Balaban J connectivity index is 2.11. The monoisotopic (exact) mass is 210 g/mol. The van der Waals surface area contributed by atoms with Gasteiger partial charge in [-0.2, -0.15) is 0 Å². The van der Waals surface area contributed by atoms with E-state index in [0.29, 0.717) is 0 Å². The first-order valence-corrected chi connectivity index (χ1v) is 6.32. The van der Waals surface area contributed by atoms with Crippen LogP contribution in [0.3, 0.4) is 0 Å². The van der Waals surface area contributed by atoms with E-state index in [-0.39, 0.29) is 0 Å². The Kier molecular flexibility index (Phi) is 5.96. The molecular weight excluding hydrogens is 184 g/mol. The summed E-state index contributed by atoms with van der Waals surface area (Å²) in [6, 6.07) is 0.750. The lowest BCUT2D eigenvalue weighted by Gasteiger charge is -2.32. The van der Waals surface area contributed by atoms with Crippen molar-refractivity contribution < 1.29 is 0 Å². The Morgan fingerprint density at radius 3 is 2.67 bits per heavy atom. The van der Waals surface area contributed by atoms with Gasteiger partial charge in [-0.05, 0) is 38.4 Å². The number of nitrogens with one attached hydrogen (secondary N) is 1. The van der Waals surface area contributed by atoms with Crippen molar-refractivity contribution in [3.05, 3.63) is 12.7 Å². The van der Waals surface area contributed by atoms with Crippen molar-refractivity contribution in [2.45, 2.75) is 39.2 Å². The van der Waals surface area contributed by atoms with E-state index in [9.17, 15) is 0 Å². The van der Waals surface area contributed by atoms with E-state index in [2.05, 4.69) is 30.6 Å². The van der Waals surface area contributed by atoms with Crippen LogP contribution in [0, 0.1) is 5.92 Å². The molecule has 0 bridgehead atoms. The summed E-state index contributed by atoms with van der Waals surface area (Å²) < 4.78 is 0. The summed E-state index contributed by atoms with van der Waals surface area (Å²) in [7, 11) is 0. The number of hydrogen-bond donors (Lipinski definition) is 1. The smallest absolute Gasteiger partial charge is 0.0160 e. The molecule has 2 nitrogen and oxygen atoms in total. The third kappa shape index (κ3) is 4.80. The average Bonchev–Trinajstić information content (AvgIpc) is 2.28. The standard InChI is InChI=1S/C13H26N2/c1-4-8-15-9-6-13(7-10-15)14-11-12(3)5-2/h4,12-14H,1,5-11H2,2-3H3. The first-order valence-electron chi connectivity index (χ1n) is 6.32. The van der Waals surface area contributed by atoms with Crippen molar-refractivity contribution >= 4 is 0 Å². The molecule has 1 rings (SSSR count). The highest BCUT2D eigenvalue weighted by Gasteiger charge is 2.17. The molecule has 1 aliphatic heterocycles. The topological polar surface area (TPSA) is 15.3 Å². The first-order chi connectivity index (χ1) is 7.26. The van der Waals surface area contributed by atoms with Crippen LogP contribution in [0.5, 0.6) is 0 Å². The van der Waals surface area contributed by atoms with Crippen molar-refractivity contribution in [3.63, 3.8) is 0 Å². The van der Waals surface area contributed by atoms with Gasteiger partial charge >= 0.3 is 0 Å². The summed E-state index contributed by atoms with van der Waals surface area (Å²) in [5.74, 6) is 0.816. The molecule has 0 radical (unpaired) electrons. The fraction of sp³-hybridized carbons (Fsp3) is 0.846. The van der Waals surface area contributed by atoms with Crippen LogP contribution in [0.2, 0.25) is 0 Å². The Morgan fingerprint density at radius 2 is 2.13 bits per heavy atom. The van der Waals surface area contributed by atoms with Gasteiger partial charge in [0.25, 0.3) is 0 Å². The minimum Gasteiger partial charge on any atom is -0.314 e. The predicted molar refractivity (Wildman–Crippen MR) is 67.1 cm³/mol. The zero-order valence-electron chi connectivity index (χ0n) is 10.3. The molecule has 1 fully saturated rings. The molecule has 1 atom stereocenters. The van der Waals surface area contributed by atoms with Gasteiger partial charge in [0.2, 0.25) is 0 Å². The predicted octanol–water partition coefficient (Wildman–Crippen LogP) is 2.27. The van der Waals surface area contributed by atoms with Crippen LogP contribution >= 0.6 is 0 Å². The molecule has 0 saturated carbocycles. The van der Waals surface area contributed by atoms with Crippen LogP contribution in [-0.2, 0) is 0 Å². The second kappa shape index (κ2) is 7.02. The second-order valence-corrected chi connectivity index (χ2v) is 4.79. The van der Waals surface area contributed by atoms with Gasteiger partial charge in [0, 0.05) is 12.6 Å². The highest BCUT2D eigenvalue weighted by atomic mass is 15.1. The van der Waals surface area contributed by atoms with E-state index in [0.717, 1.165) is 18.5 Å². The van der Waals surface area contributed by atoms with Gasteiger partial charge in [-0.3, -0.25) is 4.90 Å². The normalized spacial score (nSPS) is 21.5. The van der Waals surface area contributed by atoms with E-state index in [1.54, 1.807) is 0 Å². The molecule has 0 spiro atoms. The number of piperidine rings is 1. The lowest BCUT2D eigenvalue weighted by atomic mass is 10.0. The quantitative estimate of drug-likeness (QED) is 0.677. The Morgan fingerprint density at radius 1 is 1.47 bits per heavy atom. The molecule has 1 N–H and O–H groups in total. The molecule has 0 amide bonds. The van der Waals surface area contributed by atoms with Crippen molar-refractivity contribution in [2.75, 3.05) is 26.2 Å². The molecular formula is C13H26N2. The lowest BCUT2D eigenvalue weighted by Crippen LogP contribution is -2.43. The molecule has 1 heterocycles. The summed E-state index contributed by atoms with van der Waals surface area (Å²) in [5.41, 5.74) is 0. The average molecular weight is 210 g/mol. The molecule has 15 heavy (non-hydrogen) atoms. The Hall–Kier alpha value is -0.340. The number of nitrogens with zero attached hydrogens (tertiary/aromatic N) is 1. The second-order valence-electron chi connectivity index (χ2n) is 4.79. The first kappa shape index (κ1) is 12.7. The molecule has 88 valence electrons. The molecule has 0 aromatic carbocycles. The van der Waals surface area contributed by atoms with Crippen molar-refractivity contribution in [1.29, 1.82) is 0 Å². The summed E-state index contributed by atoms with van der Waals surface area (Å²) in [5, 5.41) is 3.68. The molecule has 0 aliphatic carbocycles. The van der Waals surface area contributed by atoms with Gasteiger partial charge in [-0.1, -0.05) is 26.3 Å². The fourth-order valence-electron chi connectivity index (χ4n) is 2.01. The third-order valence-corrected chi connectivity index (χ3v) is 3.43. The van der Waals surface area contributed by atoms with Gasteiger partial charge in [-0.15, -0.1) is 6.58 Å². The molecule has 1 aliphatic rings.